The molecule has 3 heterocycles. The molecule has 1 amide bonds. The van der Waals surface area contributed by atoms with Gasteiger partial charge in [0.25, 0.3) is 0 Å². The summed E-state index contributed by atoms with van der Waals surface area (Å²) in [6.07, 6.45) is 6.31. The van der Waals surface area contributed by atoms with Crippen LogP contribution in [0.5, 0.6) is 0 Å². The lowest BCUT2D eigenvalue weighted by Crippen LogP contribution is -2.40. The first-order chi connectivity index (χ1) is 12.0. The first kappa shape index (κ1) is 16.0. The quantitative estimate of drug-likeness (QED) is 0.860. The van der Waals surface area contributed by atoms with Crippen LogP contribution < -0.4 is 4.90 Å². The van der Waals surface area contributed by atoms with E-state index in [4.69, 9.17) is 9.97 Å². The Bertz CT molecular complexity index is 814. The minimum absolute atomic E-state index is 0.136. The molecule has 2 aromatic rings. The van der Waals surface area contributed by atoms with Crippen LogP contribution in [-0.2, 0) is 17.8 Å². The summed E-state index contributed by atoms with van der Waals surface area (Å²) in [5, 5.41) is 0. The fourth-order valence-corrected chi connectivity index (χ4v) is 3.37. The van der Waals surface area contributed by atoms with Gasteiger partial charge >= 0.3 is 0 Å². The van der Waals surface area contributed by atoms with Crippen LogP contribution in [0, 0.1) is 5.41 Å². The molecule has 130 valence electrons. The van der Waals surface area contributed by atoms with E-state index in [1.807, 2.05) is 36.0 Å². The Kier molecular flexibility index (Phi) is 3.71. The van der Waals surface area contributed by atoms with Crippen molar-refractivity contribution < 1.29 is 4.79 Å². The first-order valence-corrected chi connectivity index (χ1v) is 8.75. The second kappa shape index (κ2) is 5.79. The van der Waals surface area contributed by atoms with Crippen molar-refractivity contribution in [1.29, 1.82) is 0 Å². The molecule has 0 saturated heterocycles. The molecule has 0 bridgehead atoms. The lowest BCUT2D eigenvalue weighted by Gasteiger charge is -2.32. The summed E-state index contributed by atoms with van der Waals surface area (Å²) in [6, 6.07) is 3.83. The molecule has 1 aliphatic carbocycles. The molecule has 1 saturated carbocycles. The van der Waals surface area contributed by atoms with Crippen LogP contribution in [0.2, 0.25) is 0 Å². The smallest absolute Gasteiger partial charge is 0.228 e. The number of aromatic nitrogens is 3. The highest BCUT2D eigenvalue weighted by Crippen LogP contribution is 2.47. The van der Waals surface area contributed by atoms with Gasteiger partial charge in [-0.05, 0) is 31.4 Å². The van der Waals surface area contributed by atoms with Crippen molar-refractivity contribution in [1.82, 2.24) is 19.9 Å². The summed E-state index contributed by atoms with van der Waals surface area (Å²) in [7, 11) is 4.00. The Labute approximate surface area is 147 Å². The van der Waals surface area contributed by atoms with E-state index < -0.39 is 0 Å². The highest BCUT2D eigenvalue weighted by atomic mass is 16.2. The van der Waals surface area contributed by atoms with Crippen LogP contribution >= 0.6 is 0 Å². The molecule has 0 atom stereocenters. The molecule has 6 heteroatoms. The van der Waals surface area contributed by atoms with E-state index in [1.165, 1.54) is 0 Å². The van der Waals surface area contributed by atoms with Gasteiger partial charge in [0, 0.05) is 49.6 Å². The molecule has 0 unspecified atom stereocenters. The Morgan fingerprint density at radius 1 is 1.20 bits per heavy atom. The molecule has 2 aromatic heterocycles. The number of pyridine rings is 1. The van der Waals surface area contributed by atoms with Gasteiger partial charge in [-0.1, -0.05) is 6.92 Å². The van der Waals surface area contributed by atoms with Crippen molar-refractivity contribution in [2.75, 3.05) is 25.5 Å². The normalized spacial score (nSPS) is 17.8. The average Bonchev–Trinajstić information content (AvgIpc) is 3.39. The molecule has 1 aliphatic heterocycles. The topological polar surface area (TPSA) is 62.2 Å². The number of amides is 1. The number of fused-ring (bicyclic) bond motifs is 1. The van der Waals surface area contributed by atoms with Gasteiger partial charge in [0.2, 0.25) is 5.91 Å². The lowest BCUT2D eigenvalue weighted by molar-refractivity contribution is -0.137. The first-order valence-electron chi connectivity index (χ1n) is 8.75. The van der Waals surface area contributed by atoms with Gasteiger partial charge in [-0.15, -0.1) is 0 Å². The van der Waals surface area contributed by atoms with Crippen LogP contribution in [0.1, 0.15) is 31.0 Å². The third-order valence-corrected chi connectivity index (χ3v) is 5.21. The van der Waals surface area contributed by atoms with Gasteiger partial charge in [0.15, 0.2) is 5.82 Å². The molecular weight excluding hydrogens is 314 g/mol. The van der Waals surface area contributed by atoms with Gasteiger partial charge in [-0.2, -0.15) is 0 Å². The van der Waals surface area contributed by atoms with E-state index in [-0.39, 0.29) is 11.3 Å². The van der Waals surface area contributed by atoms with E-state index >= 15 is 0 Å². The number of hydrogen-bond acceptors (Lipinski definition) is 5. The van der Waals surface area contributed by atoms with E-state index in [0.29, 0.717) is 12.4 Å². The van der Waals surface area contributed by atoms with Gasteiger partial charge < -0.3 is 9.80 Å². The summed E-state index contributed by atoms with van der Waals surface area (Å²) < 4.78 is 0. The zero-order chi connectivity index (χ0) is 17.6. The second-order valence-electron chi connectivity index (χ2n) is 7.46. The molecule has 2 aliphatic rings. The van der Waals surface area contributed by atoms with E-state index in [2.05, 4.69) is 11.9 Å². The largest absolute Gasteiger partial charge is 0.362 e. The number of anilines is 1. The molecule has 0 radical (unpaired) electrons. The molecule has 4 rings (SSSR count). The Morgan fingerprint density at radius 3 is 2.56 bits per heavy atom. The van der Waals surface area contributed by atoms with Crippen LogP contribution in [-0.4, -0.2) is 46.4 Å². The maximum Gasteiger partial charge on any atom is 0.228 e. The Balaban J connectivity index is 1.73. The van der Waals surface area contributed by atoms with Crippen molar-refractivity contribution in [3.63, 3.8) is 0 Å². The second-order valence-corrected chi connectivity index (χ2v) is 7.46. The minimum atomic E-state index is -0.136. The zero-order valence-corrected chi connectivity index (χ0v) is 15.0. The molecule has 0 N–H and O–H groups in total. The molecule has 6 nitrogen and oxygen atoms in total. The van der Waals surface area contributed by atoms with Gasteiger partial charge in [0.1, 0.15) is 5.82 Å². The Hall–Kier alpha value is -2.50. The fourth-order valence-electron chi connectivity index (χ4n) is 3.37. The predicted molar refractivity (Wildman–Crippen MR) is 96.1 cm³/mol. The standard InChI is InChI=1S/C19H23N5O/c1-19(7-8-19)18(25)24-11-6-14-15(12-24)21-16(22-17(14)23(2)3)13-4-9-20-10-5-13/h4-5,9-10H,6-8,11-12H2,1-3H3. The van der Waals surface area contributed by atoms with Crippen molar-refractivity contribution >= 4 is 11.7 Å². The van der Waals surface area contributed by atoms with Crippen LogP contribution in [0.25, 0.3) is 11.4 Å². The van der Waals surface area contributed by atoms with Gasteiger partial charge in [-0.3, -0.25) is 9.78 Å². The third kappa shape index (κ3) is 2.86. The van der Waals surface area contributed by atoms with Gasteiger partial charge in [0.05, 0.1) is 12.2 Å². The van der Waals surface area contributed by atoms with E-state index in [1.54, 1.807) is 12.4 Å². The molecule has 0 aromatic carbocycles. The van der Waals surface area contributed by atoms with Crippen molar-refractivity contribution in [2.45, 2.75) is 32.7 Å². The summed E-state index contributed by atoms with van der Waals surface area (Å²) in [6.45, 7) is 3.39. The summed E-state index contributed by atoms with van der Waals surface area (Å²) in [5.74, 6) is 1.91. The average molecular weight is 337 g/mol. The minimum Gasteiger partial charge on any atom is -0.362 e. The SMILES string of the molecule is CN(C)c1nc(-c2ccncc2)nc2c1CCN(C(=O)C1(C)CC1)C2. The maximum absolute atomic E-state index is 12.7. The summed E-state index contributed by atoms with van der Waals surface area (Å²) in [4.78, 5) is 30.4. The summed E-state index contributed by atoms with van der Waals surface area (Å²) >= 11 is 0. The number of hydrogen-bond donors (Lipinski definition) is 0. The Morgan fingerprint density at radius 2 is 1.92 bits per heavy atom. The predicted octanol–water partition coefficient (Wildman–Crippen LogP) is 2.29. The van der Waals surface area contributed by atoms with Crippen LogP contribution in [0.4, 0.5) is 5.82 Å². The van der Waals surface area contributed by atoms with Crippen LogP contribution in [0.3, 0.4) is 0 Å². The number of rotatable bonds is 3. The molecular formula is C19H23N5O. The highest BCUT2D eigenvalue weighted by molar-refractivity contribution is 5.85. The molecule has 0 spiro atoms. The number of carbonyl (C=O) groups excluding carboxylic acids is 1. The molecule has 25 heavy (non-hydrogen) atoms. The van der Waals surface area contributed by atoms with E-state index in [0.717, 1.165) is 48.4 Å². The number of nitrogens with zero attached hydrogens (tertiary/aromatic N) is 5. The van der Waals surface area contributed by atoms with Crippen LogP contribution in [0.15, 0.2) is 24.5 Å². The van der Waals surface area contributed by atoms with Crippen molar-refractivity contribution in [3.8, 4) is 11.4 Å². The number of carbonyl (C=O) groups is 1. The summed E-state index contributed by atoms with van der Waals surface area (Å²) in [5.41, 5.74) is 2.93. The highest BCUT2D eigenvalue weighted by Gasteiger charge is 2.47. The van der Waals surface area contributed by atoms with Gasteiger partial charge in [-0.25, -0.2) is 9.97 Å². The zero-order valence-electron chi connectivity index (χ0n) is 15.0. The van der Waals surface area contributed by atoms with Crippen molar-refractivity contribution in [3.05, 3.63) is 35.8 Å². The lowest BCUT2D eigenvalue weighted by atomic mass is 10.0. The fraction of sp³-hybridized carbons (Fsp3) is 0.474. The monoisotopic (exact) mass is 337 g/mol. The maximum atomic E-state index is 12.7. The van der Waals surface area contributed by atoms with Crippen molar-refractivity contribution in [2.24, 2.45) is 5.41 Å². The molecule has 1 fully saturated rings. The van der Waals surface area contributed by atoms with E-state index in [9.17, 15) is 4.79 Å². The third-order valence-electron chi connectivity index (χ3n) is 5.21.